The third kappa shape index (κ3) is 1.71. The summed E-state index contributed by atoms with van der Waals surface area (Å²) in [6, 6.07) is 1.69. The Hall–Kier alpha value is -1.35. The number of ketones is 1. The van der Waals surface area contributed by atoms with Gasteiger partial charge in [-0.25, -0.2) is 0 Å². The molecular weight excluding hydrogens is 202 g/mol. The zero-order valence-corrected chi connectivity index (χ0v) is 9.55. The van der Waals surface area contributed by atoms with Gasteiger partial charge in [0.15, 0.2) is 5.78 Å². The first-order valence-electron chi connectivity index (χ1n) is 5.72. The highest BCUT2D eigenvalue weighted by Crippen LogP contribution is 2.33. The van der Waals surface area contributed by atoms with Crippen molar-refractivity contribution in [2.24, 2.45) is 5.73 Å². The van der Waals surface area contributed by atoms with Crippen molar-refractivity contribution in [2.75, 3.05) is 6.54 Å². The number of benzene rings is 1. The molecule has 1 aromatic carbocycles. The van der Waals surface area contributed by atoms with Crippen LogP contribution in [0, 0.1) is 6.92 Å². The number of aryl methyl sites for hydroxylation is 1. The number of carbonyl (C=O) groups excluding carboxylic acids is 1. The van der Waals surface area contributed by atoms with Gasteiger partial charge in [0.05, 0.1) is 12.1 Å². The molecule has 0 unspecified atom stereocenters. The molecular formula is C13H17NO2. The average molecular weight is 219 g/mol. The third-order valence-corrected chi connectivity index (χ3v) is 3.32. The third-order valence-electron chi connectivity index (χ3n) is 3.32. The second-order valence-electron chi connectivity index (χ2n) is 4.38. The maximum absolute atomic E-state index is 11.7. The number of Topliss-reactive ketones (excluding diaryl/α,β-unsaturated/α-hetero) is 1. The zero-order valence-electron chi connectivity index (χ0n) is 9.55. The quantitative estimate of drug-likeness (QED) is 0.744. The van der Waals surface area contributed by atoms with Crippen molar-refractivity contribution in [1.82, 2.24) is 0 Å². The highest BCUT2D eigenvalue weighted by molar-refractivity contribution is 6.01. The minimum absolute atomic E-state index is 0.0386. The average Bonchev–Trinajstić information content (AvgIpc) is 2.28. The standard InChI is InChI=1S/C13H17NO2/c1-8-6-11(15)13(12(16)7-14)10-5-3-2-4-9(8)10/h6,15H,2-5,7,14H2,1H3. The van der Waals surface area contributed by atoms with Gasteiger partial charge in [0.2, 0.25) is 0 Å². The first-order chi connectivity index (χ1) is 7.65. The maximum Gasteiger partial charge on any atom is 0.180 e. The van der Waals surface area contributed by atoms with Gasteiger partial charge in [-0.2, -0.15) is 0 Å². The smallest absolute Gasteiger partial charge is 0.180 e. The molecule has 0 aromatic heterocycles. The Morgan fingerprint density at radius 2 is 2.00 bits per heavy atom. The topological polar surface area (TPSA) is 63.3 Å². The molecule has 0 fully saturated rings. The number of fused-ring (bicyclic) bond motifs is 1. The van der Waals surface area contributed by atoms with Crippen molar-refractivity contribution in [1.29, 1.82) is 0 Å². The normalized spacial score (nSPS) is 14.6. The molecule has 0 radical (unpaired) electrons. The van der Waals surface area contributed by atoms with Crippen molar-refractivity contribution in [3.05, 3.63) is 28.3 Å². The van der Waals surface area contributed by atoms with Gasteiger partial charge in [0.1, 0.15) is 5.75 Å². The Morgan fingerprint density at radius 3 is 2.62 bits per heavy atom. The Bertz CT molecular complexity index is 438. The van der Waals surface area contributed by atoms with E-state index in [1.807, 2.05) is 6.92 Å². The Balaban J connectivity index is 2.63. The van der Waals surface area contributed by atoms with Crippen LogP contribution in [0.3, 0.4) is 0 Å². The van der Waals surface area contributed by atoms with E-state index in [1.54, 1.807) is 6.07 Å². The molecule has 3 N–H and O–H groups in total. The lowest BCUT2D eigenvalue weighted by Crippen LogP contribution is -2.19. The van der Waals surface area contributed by atoms with Crippen molar-refractivity contribution in [2.45, 2.75) is 32.6 Å². The first-order valence-corrected chi connectivity index (χ1v) is 5.72. The van der Waals surface area contributed by atoms with Crippen molar-refractivity contribution >= 4 is 5.78 Å². The van der Waals surface area contributed by atoms with Gasteiger partial charge >= 0.3 is 0 Å². The number of rotatable bonds is 2. The number of hydrogen-bond donors (Lipinski definition) is 2. The van der Waals surface area contributed by atoms with Crippen LogP contribution in [0.1, 0.15) is 39.9 Å². The Kier molecular flexibility index (Phi) is 2.97. The summed E-state index contributed by atoms with van der Waals surface area (Å²) in [7, 11) is 0. The predicted molar refractivity (Wildman–Crippen MR) is 62.9 cm³/mol. The molecule has 16 heavy (non-hydrogen) atoms. The van der Waals surface area contributed by atoms with E-state index < -0.39 is 0 Å². The monoisotopic (exact) mass is 219 g/mol. The largest absolute Gasteiger partial charge is 0.507 e. The van der Waals surface area contributed by atoms with Gasteiger partial charge in [-0.05, 0) is 55.4 Å². The van der Waals surface area contributed by atoms with E-state index in [2.05, 4.69) is 0 Å². The Morgan fingerprint density at radius 1 is 1.38 bits per heavy atom. The van der Waals surface area contributed by atoms with Crippen molar-refractivity contribution in [3.8, 4) is 5.75 Å². The molecule has 0 bridgehead atoms. The van der Waals surface area contributed by atoms with E-state index in [-0.39, 0.29) is 18.1 Å². The SMILES string of the molecule is Cc1cc(O)c(C(=O)CN)c2c1CCCC2. The van der Waals surface area contributed by atoms with E-state index >= 15 is 0 Å². The van der Waals surface area contributed by atoms with Crippen molar-refractivity contribution in [3.63, 3.8) is 0 Å². The number of hydrogen-bond acceptors (Lipinski definition) is 3. The van der Waals surface area contributed by atoms with Crippen LogP contribution in [-0.2, 0) is 12.8 Å². The summed E-state index contributed by atoms with van der Waals surface area (Å²) < 4.78 is 0. The Labute approximate surface area is 95.3 Å². The summed E-state index contributed by atoms with van der Waals surface area (Å²) in [5.74, 6) is -0.0655. The molecule has 3 nitrogen and oxygen atoms in total. The summed E-state index contributed by atoms with van der Waals surface area (Å²) in [6.45, 7) is 1.95. The van der Waals surface area contributed by atoms with E-state index in [4.69, 9.17) is 5.73 Å². The maximum atomic E-state index is 11.7. The fourth-order valence-electron chi connectivity index (χ4n) is 2.55. The zero-order chi connectivity index (χ0) is 11.7. The summed E-state index contributed by atoms with van der Waals surface area (Å²) in [4.78, 5) is 11.7. The fraction of sp³-hybridized carbons (Fsp3) is 0.462. The number of nitrogens with two attached hydrogens (primary N) is 1. The van der Waals surface area contributed by atoms with E-state index in [9.17, 15) is 9.90 Å². The van der Waals surface area contributed by atoms with Gasteiger partial charge < -0.3 is 10.8 Å². The van der Waals surface area contributed by atoms with Crippen LogP contribution >= 0.6 is 0 Å². The van der Waals surface area contributed by atoms with Gasteiger partial charge in [-0.3, -0.25) is 4.79 Å². The van der Waals surface area contributed by atoms with Gasteiger partial charge in [-0.15, -0.1) is 0 Å². The molecule has 0 amide bonds. The first kappa shape index (κ1) is 11.1. The van der Waals surface area contributed by atoms with Crippen molar-refractivity contribution < 1.29 is 9.90 Å². The summed E-state index contributed by atoms with van der Waals surface area (Å²) in [5, 5.41) is 9.87. The predicted octanol–water partition coefficient (Wildman–Crippen LogP) is 1.72. The molecule has 0 spiro atoms. The minimum atomic E-state index is -0.157. The summed E-state index contributed by atoms with van der Waals surface area (Å²) in [6.07, 6.45) is 4.13. The van der Waals surface area contributed by atoms with Crippen LogP contribution in [0.5, 0.6) is 5.75 Å². The second-order valence-corrected chi connectivity index (χ2v) is 4.38. The molecule has 1 aromatic rings. The van der Waals surface area contributed by atoms with Crippen LogP contribution in [0.4, 0.5) is 0 Å². The van der Waals surface area contributed by atoms with Gasteiger partial charge in [-0.1, -0.05) is 0 Å². The van der Waals surface area contributed by atoms with Crippen LogP contribution < -0.4 is 5.73 Å². The number of phenolic OH excluding ortho intramolecular Hbond substituents is 1. The van der Waals surface area contributed by atoms with E-state index in [0.29, 0.717) is 5.56 Å². The summed E-state index contributed by atoms with van der Waals surface area (Å²) in [5.41, 5.74) is 9.19. The molecule has 0 aliphatic heterocycles. The van der Waals surface area contributed by atoms with Crippen LogP contribution in [0.2, 0.25) is 0 Å². The number of carbonyl (C=O) groups is 1. The molecule has 2 rings (SSSR count). The molecule has 0 saturated heterocycles. The minimum Gasteiger partial charge on any atom is -0.507 e. The molecule has 0 saturated carbocycles. The van der Waals surface area contributed by atoms with E-state index in [0.717, 1.165) is 36.8 Å². The molecule has 0 atom stereocenters. The van der Waals surface area contributed by atoms with Crippen LogP contribution in [-0.4, -0.2) is 17.4 Å². The highest BCUT2D eigenvalue weighted by atomic mass is 16.3. The lowest BCUT2D eigenvalue weighted by atomic mass is 9.84. The lowest BCUT2D eigenvalue weighted by molar-refractivity contribution is 0.0997. The van der Waals surface area contributed by atoms with E-state index in [1.165, 1.54) is 5.56 Å². The number of phenols is 1. The highest BCUT2D eigenvalue weighted by Gasteiger charge is 2.22. The second kappa shape index (κ2) is 4.26. The molecule has 0 heterocycles. The fourth-order valence-corrected chi connectivity index (χ4v) is 2.55. The lowest BCUT2D eigenvalue weighted by Gasteiger charge is -2.21. The van der Waals surface area contributed by atoms with Crippen LogP contribution in [0.15, 0.2) is 6.07 Å². The van der Waals surface area contributed by atoms with Gasteiger partial charge in [0.25, 0.3) is 0 Å². The van der Waals surface area contributed by atoms with Gasteiger partial charge in [0, 0.05) is 0 Å². The number of aromatic hydroxyl groups is 1. The summed E-state index contributed by atoms with van der Waals surface area (Å²) >= 11 is 0. The molecule has 3 heteroatoms. The van der Waals surface area contributed by atoms with Crippen LogP contribution in [0.25, 0.3) is 0 Å². The molecule has 1 aliphatic carbocycles. The molecule has 1 aliphatic rings. The molecule has 86 valence electrons.